The second-order valence-electron chi connectivity index (χ2n) is 19.8. The van der Waals surface area contributed by atoms with Gasteiger partial charge in [-0.15, -0.1) is 0 Å². The van der Waals surface area contributed by atoms with Crippen molar-refractivity contribution in [2.75, 3.05) is 32.6 Å². The summed E-state index contributed by atoms with van der Waals surface area (Å²) >= 11 is 0. The lowest BCUT2D eigenvalue weighted by atomic mass is 9.73. The molecule has 1 aromatic heterocycles. The number of carbonyl (C=O) groups is 3. The molecule has 4 bridgehead atoms. The number of aliphatic hydroxyl groups excluding tert-OH is 1. The number of aliphatic hydroxyl groups is 1. The first-order valence-corrected chi connectivity index (χ1v) is 24.2. The van der Waals surface area contributed by atoms with Crippen molar-refractivity contribution < 1.29 is 52.7 Å². The van der Waals surface area contributed by atoms with Gasteiger partial charge in [-0.25, -0.2) is 9.97 Å². The van der Waals surface area contributed by atoms with Crippen LogP contribution in [0.3, 0.4) is 0 Å². The van der Waals surface area contributed by atoms with Crippen LogP contribution in [-0.2, 0) is 23.8 Å². The Kier molecular flexibility index (Phi) is 15.2. The van der Waals surface area contributed by atoms with Crippen molar-refractivity contribution >= 4 is 51.0 Å². The first kappa shape index (κ1) is 52.2. The Morgan fingerprint density at radius 1 is 0.986 bits per heavy atom. The van der Waals surface area contributed by atoms with Crippen molar-refractivity contribution in [3.8, 4) is 28.7 Å². The number of phenols is 1. The zero-order valence-corrected chi connectivity index (χ0v) is 42.9. The third-order valence-corrected chi connectivity index (χ3v) is 15.0. The van der Waals surface area contributed by atoms with Gasteiger partial charge in [-0.3, -0.25) is 23.7 Å². The number of Topliss-reactive ketones (excluding diaryl/α,β-unsaturated/α-hetero) is 1. The van der Waals surface area contributed by atoms with E-state index in [9.17, 15) is 29.4 Å². The number of likely N-dealkylation sites (N-methyl/N-ethyl adjacent to an activating group) is 1. The fourth-order valence-electron chi connectivity index (χ4n) is 9.73. The number of ketones is 1. The van der Waals surface area contributed by atoms with Gasteiger partial charge in [-0.2, -0.15) is 0 Å². The highest BCUT2D eigenvalue weighted by Gasteiger charge is 2.50. The lowest BCUT2D eigenvalue weighted by Gasteiger charge is -2.39. The Labute approximate surface area is 414 Å². The highest BCUT2D eigenvalue weighted by atomic mass is 16.7. The molecule has 71 heavy (non-hydrogen) atoms. The van der Waals surface area contributed by atoms with Gasteiger partial charge < -0.3 is 43.6 Å². The number of pyridine rings is 1. The number of amides is 1. The molecule has 7 rings (SSSR count). The summed E-state index contributed by atoms with van der Waals surface area (Å²) in [5.41, 5.74) is -0.453. The largest absolute Gasteiger partial charge is 0.507 e. The van der Waals surface area contributed by atoms with E-state index in [0.717, 1.165) is 5.82 Å². The molecule has 1 unspecified atom stereocenters. The number of carbonyl (C=O) groups excluding carboxylic acids is 3. The van der Waals surface area contributed by atoms with Gasteiger partial charge in [-0.05, 0) is 69.7 Å². The van der Waals surface area contributed by atoms with Gasteiger partial charge in [-0.1, -0.05) is 58.9 Å². The number of quaternary nitrogens is 1. The standard InChI is InChI=1S/C55H66N4O12/c1-28(2)59(12,41-19-14-15-23-56-41)24-26-67-37-20-21-38-40(27-37)70-52-45(57-38)42-43-48(62)35(9)51-44(42)53(64)55(11,71-51)68-25-22-39(66-13)34(8)50(69-36(10)60)33(7)31(5)32(6)47(61)29(3)17-16-18-30(4)54(65)58-46(52)49(43)63/h14-23,25,27-29,31-34,39,47,50,61H,24,26H2,1-13H3,(H-,57,58,62,63,64,65)/p+1/b17-16+,25-22+,30-18-/t29-,31+,32-,33+,34+,39-,47-,50-,55-,59?/m0/s1. The summed E-state index contributed by atoms with van der Waals surface area (Å²) < 4.78 is 37.7. The first-order chi connectivity index (χ1) is 33.5. The van der Waals surface area contributed by atoms with E-state index in [1.807, 2.05) is 52.8 Å². The van der Waals surface area contributed by atoms with Crippen molar-refractivity contribution in [3.63, 3.8) is 0 Å². The molecule has 1 aliphatic carbocycles. The fraction of sp³-hybridized carbons (Fsp3) is 0.455. The predicted octanol–water partition coefficient (Wildman–Crippen LogP) is 9.04. The zero-order valence-electron chi connectivity index (χ0n) is 42.9. The van der Waals surface area contributed by atoms with Gasteiger partial charge in [0.15, 0.2) is 11.3 Å². The number of ether oxygens (including phenoxy) is 5. The number of fused-ring (bicyclic) bond motifs is 2. The Morgan fingerprint density at radius 3 is 2.38 bits per heavy atom. The number of aromatic hydroxyl groups is 1. The number of hydrogen-bond donors (Lipinski definition) is 3. The number of esters is 1. The first-order valence-electron chi connectivity index (χ1n) is 24.2. The van der Waals surface area contributed by atoms with Crippen LogP contribution in [0.5, 0.6) is 17.2 Å². The number of aromatic nitrogens is 2. The average Bonchev–Trinajstić information content (AvgIpc) is 3.61. The third-order valence-electron chi connectivity index (χ3n) is 15.0. The van der Waals surface area contributed by atoms with Crippen LogP contribution in [0.25, 0.3) is 33.3 Å². The number of anilines is 1. The maximum atomic E-state index is 14.9. The lowest BCUT2D eigenvalue weighted by Crippen LogP contribution is -2.53. The number of benzene rings is 3. The minimum Gasteiger partial charge on any atom is -0.507 e. The van der Waals surface area contributed by atoms with Crippen molar-refractivity contribution in [2.24, 2.45) is 29.6 Å². The van der Waals surface area contributed by atoms with E-state index in [1.54, 1.807) is 55.6 Å². The highest BCUT2D eigenvalue weighted by Crippen LogP contribution is 2.50. The molecule has 0 saturated heterocycles. The van der Waals surface area contributed by atoms with E-state index in [-0.39, 0.29) is 85.7 Å². The van der Waals surface area contributed by atoms with Gasteiger partial charge in [0.2, 0.25) is 11.2 Å². The van der Waals surface area contributed by atoms with Crippen molar-refractivity contribution in [1.82, 2.24) is 14.5 Å². The van der Waals surface area contributed by atoms with E-state index >= 15 is 0 Å². The molecule has 10 atom stereocenters. The highest BCUT2D eigenvalue weighted by molar-refractivity contribution is 6.22. The van der Waals surface area contributed by atoms with Crippen molar-refractivity contribution in [3.05, 3.63) is 100 Å². The summed E-state index contributed by atoms with van der Waals surface area (Å²) in [6, 6.07) is 11.1. The van der Waals surface area contributed by atoms with E-state index in [1.165, 1.54) is 34.1 Å². The van der Waals surface area contributed by atoms with Gasteiger partial charge in [0.25, 0.3) is 11.7 Å². The van der Waals surface area contributed by atoms with Crippen LogP contribution in [0.2, 0.25) is 0 Å². The molecule has 3 N–H and O–H groups in total. The summed E-state index contributed by atoms with van der Waals surface area (Å²) in [7, 11) is 3.61. The molecule has 378 valence electrons. The smallest absolute Gasteiger partial charge is 0.312 e. The second kappa shape index (κ2) is 20.6. The molecule has 0 saturated carbocycles. The van der Waals surface area contributed by atoms with Crippen LogP contribution in [0.15, 0.2) is 87.9 Å². The molecular formula is C55H67N4O12+. The van der Waals surface area contributed by atoms with Crippen LogP contribution in [0.4, 0.5) is 11.5 Å². The minimum atomic E-state index is -2.02. The summed E-state index contributed by atoms with van der Waals surface area (Å²) in [5.74, 6) is -4.68. The molecular weight excluding hydrogens is 909 g/mol. The van der Waals surface area contributed by atoms with E-state index < -0.39 is 58.9 Å². The van der Waals surface area contributed by atoms with Crippen LogP contribution in [-0.4, -0.2) is 95.3 Å². The van der Waals surface area contributed by atoms with Crippen LogP contribution in [0.1, 0.15) is 85.2 Å². The SMILES string of the molecule is CO[C@H]1/C=C/O[C@@]2(C)Oc3c(C)c(O)c4c(=O)c(c5oc6cc(OCC[N+](C)(c7ccccn7)C(C)C)ccc6nc-5c4c3C2=O)NC(=O)/C(C)=C\C=C\[C@H](C)[C@H](O)[C@@H](C)[C@@H](C)[C@@H](C)[C@H](OC(C)=O)[C@@H]1C. The van der Waals surface area contributed by atoms with Crippen molar-refractivity contribution in [1.29, 1.82) is 0 Å². The molecule has 4 heterocycles. The maximum absolute atomic E-state index is 14.9. The monoisotopic (exact) mass is 975 g/mol. The molecule has 0 fully saturated rings. The third kappa shape index (κ3) is 9.89. The molecule has 0 radical (unpaired) electrons. The number of hydrogen-bond acceptors (Lipinski definition) is 14. The normalized spacial score (nSPS) is 28.0. The Balaban J connectivity index is 1.38. The van der Waals surface area contributed by atoms with Gasteiger partial charge in [0.1, 0.15) is 53.4 Å². The quantitative estimate of drug-likeness (QED) is 0.0574. The average molecular weight is 976 g/mol. The molecule has 3 aliphatic heterocycles. The van der Waals surface area contributed by atoms with E-state index in [4.69, 9.17) is 33.1 Å². The predicted molar refractivity (Wildman–Crippen MR) is 272 cm³/mol. The van der Waals surface area contributed by atoms with Gasteiger partial charge >= 0.3 is 11.8 Å². The molecule has 3 aromatic rings. The number of nitrogens with one attached hydrogen (secondary N) is 1. The van der Waals surface area contributed by atoms with Crippen molar-refractivity contribution in [2.45, 2.75) is 106 Å². The zero-order chi connectivity index (χ0) is 51.9. The number of nitrogens with zero attached hydrogens (tertiary/aromatic N) is 3. The van der Waals surface area contributed by atoms with Crippen LogP contribution >= 0.6 is 0 Å². The molecule has 0 spiro atoms. The van der Waals surface area contributed by atoms with Crippen LogP contribution < -0.4 is 24.7 Å². The Bertz CT molecular complexity index is 2960. The molecule has 4 aliphatic rings. The summed E-state index contributed by atoms with van der Waals surface area (Å²) in [5, 5.41) is 25.9. The molecule has 1 amide bonds. The lowest BCUT2D eigenvalue weighted by molar-refractivity contribution is -0.157. The van der Waals surface area contributed by atoms with Gasteiger partial charge in [0.05, 0.1) is 42.5 Å². The minimum absolute atomic E-state index is 0.0132. The second-order valence-corrected chi connectivity index (χ2v) is 19.8. The number of methoxy groups -OCH3 is 1. The Hall–Kier alpha value is -6.62. The van der Waals surface area contributed by atoms with Crippen LogP contribution in [0, 0.1) is 36.5 Å². The molecule has 2 aromatic carbocycles. The fourth-order valence-corrected chi connectivity index (χ4v) is 9.73. The molecule has 16 nitrogen and oxygen atoms in total. The topological polar surface area (TPSA) is 206 Å². The number of phenolic OH excluding ortho intramolecular Hbond substituents is 1. The summed E-state index contributed by atoms with van der Waals surface area (Å²) in [6.45, 7) is 20.6. The summed E-state index contributed by atoms with van der Waals surface area (Å²) in [6.07, 6.45) is 7.49. The summed E-state index contributed by atoms with van der Waals surface area (Å²) in [4.78, 5) is 66.0. The Morgan fingerprint density at radius 2 is 1.72 bits per heavy atom. The maximum Gasteiger partial charge on any atom is 0.312 e. The van der Waals surface area contributed by atoms with Gasteiger partial charge in [0, 0.05) is 67.6 Å². The van der Waals surface area contributed by atoms with E-state index in [2.05, 4.69) is 31.2 Å². The van der Waals surface area contributed by atoms with E-state index in [0.29, 0.717) is 28.9 Å². The molecule has 16 heteroatoms. The number of rotatable bonds is 8. The number of allylic oxidation sites excluding steroid dienone is 2.